The molecule has 0 radical (unpaired) electrons. The number of hydrogen-bond donors (Lipinski definition) is 1. The molecule has 40 heavy (non-hydrogen) atoms. The molecule has 3 saturated heterocycles. The molecular formula is C31H42N2O6S. The number of aliphatic hydroxyl groups excluding tert-OH is 1. The average Bonchev–Trinajstić information content (AvgIpc) is 3.61. The van der Waals surface area contributed by atoms with E-state index in [0.717, 1.165) is 32.1 Å². The molecule has 0 aliphatic carbocycles. The predicted molar refractivity (Wildman–Crippen MR) is 157 cm³/mol. The van der Waals surface area contributed by atoms with E-state index < -0.39 is 22.6 Å². The highest BCUT2D eigenvalue weighted by molar-refractivity contribution is 8.02. The molecule has 2 amide bonds. The summed E-state index contributed by atoms with van der Waals surface area (Å²) in [5.41, 5.74) is 0.700. The molecule has 3 aliphatic heterocycles. The summed E-state index contributed by atoms with van der Waals surface area (Å²) < 4.78 is 10.3. The highest BCUT2D eigenvalue weighted by Gasteiger charge is 2.74. The van der Waals surface area contributed by atoms with Gasteiger partial charge in [0.25, 0.3) is 5.91 Å². The van der Waals surface area contributed by atoms with Gasteiger partial charge in [-0.25, -0.2) is 0 Å². The van der Waals surface area contributed by atoms with Crippen LogP contribution in [0.15, 0.2) is 49.6 Å². The van der Waals surface area contributed by atoms with Crippen LogP contribution in [0.25, 0.3) is 0 Å². The molecule has 0 aromatic heterocycles. The number of likely N-dealkylation sites (tertiary alicyclic amines) is 1. The molecule has 2 unspecified atom stereocenters. The summed E-state index contributed by atoms with van der Waals surface area (Å²) in [4.78, 5) is 45.4. The molecule has 1 N–H and O–H groups in total. The summed E-state index contributed by atoms with van der Waals surface area (Å²) in [6, 6.07) is 6.60. The minimum atomic E-state index is -0.693. The van der Waals surface area contributed by atoms with Crippen molar-refractivity contribution in [3.05, 3.63) is 49.6 Å². The number of esters is 1. The Kier molecular flexibility index (Phi) is 10.4. The maximum absolute atomic E-state index is 14.5. The van der Waals surface area contributed by atoms with Crippen molar-refractivity contribution < 1.29 is 29.0 Å². The van der Waals surface area contributed by atoms with E-state index >= 15 is 0 Å². The number of benzene rings is 1. The number of nitrogens with zero attached hydrogens (tertiary/aromatic N) is 2. The Bertz CT molecular complexity index is 1080. The predicted octanol–water partition coefficient (Wildman–Crippen LogP) is 4.37. The van der Waals surface area contributed by atoms with Crippen LogP contribution >= 0.6 is 11.8 Å². The molecule has 1 aromatic rings. The maximum Gasteiger partial charge on any atom is 0.310 e. The number of hydrogen-bond acceptors (Lipinski definition) is 7. The first-order valence-electron chi connectivity index (χ1n) is 14.4. The van der Waals surface area contributed by atoms with Crippen molar-refractivity contribution in [2.24, 2.45) is 11.8 Å². The smallest absolute Gasteiger partial charge is 0.310 e. The summed E-state index contributed by atoms with van der Waals surface area (Å²) in [6.45, 7) is 8.72. The number of fused-ring (bicyclic) bond motifs is 1. The molecular weight excluding hydrogens is 528 g/mol. The highest BCUT2D eigenvalue weighted by Crippen LogP contribution is 2.66. The van der Waals surface area contributed by atoms with Crippen molar-refractivity contribution in [2.75, 3.05) is 38.3 Å². The SMILES string of the molecule is C=CCCCCOC(=O)[C@@H]1[C@H]2C(=O)N(CCCCCO)C(C(=O)N(CC=C)c3ccc(OC)cc3)C23CC[C@H]1S3. The van der Waals surface area contributed by atoms with E-state index in [9.17, 15) is 19.5 Å². The minimum absolute atomic E-state index is 0.0321. The van der Waals surface area contributed by atoms with E-state index in [4.69, 9.17) is 9.47 Å². The molecule has 1 aromatic carbocycles. The number of ether oxygens (including phenoxy) is 2. The van der Waals surface area contributed by atoms with E-state index in [-0.39, 0.29) is 29.6 Å². The lowest BCUT2D eigenvalue weighted by molar-refractivity contribution is -0.154. The van der Waals surface area contributed by atoms with Gasteiger partial charge in [-0.3, -0.25) is 14.4 Å². The van der Waals surface area contributed by atoms with Crippen molar-refractivity contribution in [2.45, 2.75) is 67.4 Å². The quantitative estimate of drug-likeness (QED) is 0.179. The van der Waals surface area contributed by atoms with Gasteiger partial charge in [-0.05, 0) is 75.6 Å². The molecule has 0 saturated carbocycles. The van der Waals surface area contributed by atoms with Crippen LogP contribution in [0.2, 0.25) is 0 Å². The van der Waals surface area contributed by atoms with Gasteiger partial charge in [0.1, 0.15) is 11.8 Å². The molecule has 8 nitrogen and oxygen atoms in total. The first kappa shape index (κ1) is 30.2. The van der Waals surface area contributed by atoms with Gasteiger partial charge < -0.3 is 24.4 Å². The highest BCUT2D eigenvalue weighted by atomic mass is 32.2. The fourth-order valence-corrected chi connectivity index (χ4v) is 8.73. The van der Waals surface area contributed by atoms with Gasteiger partial charge in [0, 0.05) is 30.6 Å². The molecule has 5 atom stereocenters. The fourth-order valence-electron chi connectivity index (χ4n) is 6.53. The van der Waals surface area contributed by atoms with E-state index in [1.54, 1.807) is 34.7 Å². The fraction of sp³-hybridized carbons (Fsp3) is 0.581. The third-order valence-electron chi connectivity index (χ3n) is 8.37. The number of rotatable bonds is 16. The number of unbranched alkanes of at least 4 members (excludes halogenated alkanes) is 4. The molecule has 1 spiro atoms. The number of methoxy groups -OCH3 is 1. The Labute approximate surface area is 241 Å². The van der Waals surface area contributed by atoms with Crippen molar-refractivity contribution in [3.63, 3.8) is 0 Å². The molecule has 3 fully saturated rings. The number of carbonyl (C=O) groups is 3. The zero-order valence-corrected chi connectivity index (χ0v) is 24.3. The van der Waals surface area contributed by atoms with Crippen molar-refractivity contribution in [1.29, 1.82) is 0 Å². The summed E-state index contributed by atoms with van der Waals surface area (Å²) >= 11 is 1.65. The second-order valence-corrected chi connectivity index (χ2v) is 12.4. The van der Waals surface area contributed by atoms with E-state index in [1.807, 2.05) is 30.3 Å². The average molecular weight is 571 g/mol. The molecule has 3 aliphatic rings. The Morgan fingerprint density at radius 2 is 1.93 bits per heavy atom. The van der Waals surface area contributed by atoms with Gasteiger partial charge in [0.05, 0.1) is 30.3 Å². The van der Waals surface area contributed by atoms with Gasteiger partial charge in [-0.2, -0.15) is 0 Å². The summed E-state index contributed by atoms with van der Waals surface area (Å²) in [6.07, 6.45) is 9.60. The Balaban J connectivity index is 1.63. The Hall–Kier alpha value is -2.78. The number of carbonyl (C=O) groups excluding carboxylic acids is 3. The monoisotopic (exact) mass is 570 g/mol. The molecule has 9 heteroatoms. The van der Waals surface area contributed by atoms with Crippen LogP contribution in [0.3, 0.4) is 0 Å². The number of aliphatic hydroxyl groups is 1. The van der Waals surface area contributed by atoms with Gasteiger partial charge >= 0.3 is 5.97 Å². The third kappa shape index (κ3) is 5.81. The summed E-state index contributed by atoms with van der Waals surface area (Å²) in [5.74, 6) is -1.04. The first-order valence-corrected chi connectivity index (χ1v) is 15.2. The van der Waals surface area contributed by atoms with Gasteiger partial charge in [-0.15, -0.1) is 24.9 Å². The lowest BCUT2D eigenvalue weighted by atomic mass is 9.71. The number of amides is 2. The number of anilines is 1. The Morgan fingerprint density at radius 1 is 1.15 bits per heavy atom. The summed E-state index contributed by atoms with van der Waals surface area (Å²) in [5, 5.41) is 9.22. The summed E-state index contributed by atoms with van der Waals surface area (Å²) in [7, 11) is 1.59. The van der Waals surface area contributed by atoms with Crippen LogP contribution < -0.4 is 9.64 Å². The van der Waals surface area contributed by atoms with Crippen LogP contribution in [-0.4, -0.2) is 77.2 Å². The third-order valence-corrected chi connectivity index (χ3v) is 10.3. The zero-order chi connectivity index (χ0) is 28.7. The number of thioether (sulfide) groups is 1. The molecule has 4 rings (SSSR count). The van der Waals surface area contributed by atoms with Gasteiger partial charge in [0.2, 0.25) is 5.91 Å². The van der Waals surface area contributed by atoms with Gasteiger partial charge in [-0.1, -0.05) is 12.2 Å². The lowest BCUT2D eigenvalue weighted by Gasteiger charge is -2.37. The second kappa shape index (κ2) is 13.7. The molecule has 3 heterocycles. The van der Waals surface area contributed by atoms with Crippen molar-refractivity contribution in [3.8, 4) is 5.75 Å². The van der Waals surface area contributed by atoms with Crippen molar-refractivity contribution in [1.82, 2.24) is 4.90 Å². The second-order valence-electron chi connectivity index (χ2n) is 10.8. The normalized spacial score (nSPS) is 26.4. The lowest BCUT2D eigenvalue weighted by Crippen LogP contribution is -2.55. The maximum atomic E-state index is 14.5. The van der Waals surface area contributed by atoms with Crippen molar-refractivity contribution >= 4 is 35.2 Å². The van der Waals surface area contributed by atoms with E-state index in [1.165, 1.54) is 0 Å². The van der Waals surface area contributed by atoms with Crippen LogP contribution in [0.1, 0.15) is 51.4 Å². The van der Waals surface area contributed by atoms with E-state index in [0.29, 0.717) is 50.4 Å². The van der Waals surface area contributed by atoms with Crippen LogP contribution in [0.5, 0.6) is 5.75 Å². The standard InChI is InChI=1S/C31H42N2O6S/c1-4-6-7-11-21-39-30(37)25-24-16-17-31(40-24)26(25)28(35)33(19-9-8-10-20-34)27(31)29(36)32(18-5-2)22-12-14-23(38-3)15-13-22/h4-5,12-15,24-27,34H,1-2,6-11,16-21H2,3H3/t24-,25+,26+,27?,31?/m1/s1. The van der Waals surface area contributed by atoms with Crippen LogP contribution in [0, 0.1) is 11.8 Å². The molecule has 2 bridgehead atoms. The van der Waals surface area contributed by atoms with Gasteiger partial charge in [0.15, 0.2) is 0 Å². The van der Waals surface area contributed by atoms with E-state index in [2.05, 4.69) is 13.2 Å². The number of allylic oxidation sites excluding steroid dienone is 1. The topological polar surface area (TPSA) is 96.4 Å². The van der Waals surface area contributed by atoms with Crippen LogP contribution in [0.4, 0.5) is 5.69 Å². The minimum Gasteiger partial charge on any atom is -0.497 e. The first-order chi connectivity index (χ1) is 19.4. The van der Waals surface area contributed by atoms with Crippen LogP contribution in [-0.2, 0) is 19.1 Å². The molecule has 218 valence electrons. The largest absolute Gasteiger partial charge is 0.497 e. The Morgan fingerprint density at radius 3 is 2.60 bits per heavy atom. The zero-order valence-electron chi connectivity index (χ0n) is 23.5.